The lowest BCUT2D eigenvalue weighted by atomic mass is 9.71. The molecule has 3 aliphatic rings. The number of carbonyl (C=O) groups excluding carboxylic acids is 2. The Hall–Kier alpha value is -4.70. The van der Waals surface area contributed by atoms with Crippen LogP contribution in [0.15, 0.2) is 55.0 Å². The van der Waals surface area contributed by atoms with Crippen LogP contribution in [0.1, 0.15) is 75.4 Å². The van der Waals surface area contributed by atoms with E-state index >= 15 is 0 Å². The summed E-state index contributed by atoms with van der Waals surface area (Å²) in [6, 6.07) is 10.1. The maximum Gasteiger partial charge on any atom is 0.337 e. The minimum atomic E-state index is -1.12. The van der Waals surface area contributed by atoms with Crippen LogP contribution in [0.3, 0.4) is 0 Å². The fraction of sp³-hybridized carbons (Fsp3) is 0.333. The smallest absolute Gasteiger partial charge is 0.337 e. The summed E-state index contributed by atoms with van der Waals surface area (Å²) < 4.78 is 12.6. The lowest BCUT2D eigenvalue weighted by Crippen LogP contribution is -2.58. The zero-order valence-corrected chi connectivity index (χ0v) is 23.6. The molecule has 2 aliphatic heterocycles. The van der Waals surface area contributed by atoms with Crippen molar-refractivity contribution in [2.75, 3.05) is 19.7 Å². The van der Waals surface area contributed by atoms with Crippen molar-refractivity contribution in [1.82, 2.24) is 20.3 Å². The number of hydrogen-bond acceptors (Lipinski definition) is 9. The number of pyridine rings is 3. The molecule has 1 atom stereocenters. The van der Waals surface area contributed by atoms with E-state index in [0.717, 1.165) is 23.9 Å². The Balaban J connectivity index is 1.34. The van der Waals surface area contributed by atoms with E-state index < -0.39 is 23.3 Å². The minimum Gasteiger partial charge on any atom is -0.493 e. The Bertz CT molecular complexity index is 1790. The molecule has 1 spiro atoms. The van der Waals surface area contributed by atoms with Crippen LogP contribution in [-0.4, -0.2) is 62.9 Å². The summed E-state index contributed by atoms with van der Waals surface area (Å²) in [6.07, 6.45) is 7.55. The Kier molecular flexibility index (Phi) is 6.65. The molecule has 2 N–H and O–H groups in total. The lowest BCUT2D eigenvalue weighted by Gasteiger charge is -2.45. The molecule has 5 heterocycles. The second-order valence-electron chi connectivity index (χ2n) is 11.4. The summed E-state index contributed by atoms with van der Waals surface area (Å²) in [5.41, 5.74) is 2.05. The first kappa shape index (κ1) is 27.2. The number of fused-ring (bicyclic) bond motifs is 2. The highest BCUT2D eigenvalue weighted by Crippen LogP contribution is 2.46. The molecule has 0 radical (unpaired) electrons. The van der Waals surface area contributed by atoms with Crippen LogP contribution in [0.2, 0.25) is 0 Å². The highest BCUT2D eigenvalue weighted by atomic mass is 16.5. The summed E-state index contributed by atoms with van der Waals surface area (Å²) in [4.78, 5) is 54.0. The Morgan fingerprint density at radius 1 is 1.09 bits per heavy atom. The number of Topliss-reactive ketones (excluding diaryl/α,β-unsaturated/α-hetero) is 2. The molecule has 10 heteroatoms. The van der Waals surface area contributed by atoms with E-state index in [-0.39, 0.29) is 22.6 Å². The van der Waals surface area contributed by atoms with Crippen molar-refractivity contribution in [2.45, 2.75) is 44.1 Å². The SMILES string of the molecule is CCOc1cc(C(=O)[C@H]2C(=O)c3cc(-c4cncc(C(=O)O)c4)ccc3OC23CCNCC3)nc2c(C3CC3)nccc12. The number of ether oxygens (including phenoxy) is 2. The van der Waals surface area contributed by atoms with Gasteiger partial charge in [0.15, 0.2) is 11.6 Å². The maximum atomic E-state index is 14.5. The van der Waals surface area contributed by atoms with E-state index in [2.05, 4.69) is 15.3 Å². The van der Waals surface area contributed by atoms with Crippen LogP contribution >= 0.6 is 0 Å². The van der Waals surface area contributed by atoms with E-state index in [1.165, 1.54) is 12.3 Å². The summed E-state index contributed by atoms with van der Waals surface area (Å²) in [5, 5.41) is 13.5. The second-order valence-corrected chi connectivity index (χ2v) is 11.4. The molecule has 43 heavy (non-hydrogen) atoms. The molecule has 2 fully saturated rings. The molecule has 3 aromatic heterocycles. The van der Waals surface area contributed by atoms with Gasteiger partial charge in [0.1, 0.15) is 28.7 Å². The number of ketones is 2. The molecule has 1 aromatic carbocycles. The molecular weight excluding hydrogens is 548 g/mol. The maximum absolute atomic E-state index is 14.5. The molecule has 0 amide bonds. The van der Waals surface area contributed by atoms with E-state index in [4.69, 9.17) is 14.5 Å². The van der Waals surface area contributed by atoms with Crippen LogP contribution in [0.4, 0.5) is 0 Å². The van der Waals surface area contributed by atoms with Gasteiger partial charge in [-0.1, -0.05) is 6.07 Å². The van der Waals surface area contributed by atoms with Gasteiger partial charge in [0.05, 0.1) is 28.9 Å². The molecule has 0 bridgehead atoms. The number of carboxylic acid groups (broad SMARTS) is 1. The minimum absolute atomic E-state index is 0.0343. The number of aromatic carboxylic acids is 1. The third kappa shape index (κ3) is 4.71. The van der Waals surface area contributed by atoms with Gasteiger partial charge in [-0.15, -0.1) is 0 Å². The summed E-state index contributed by atoms with van der Waals surface area (Å²) >= 11 is 0. The fourth-order valence-electron chi connectivity index (χ4n) is 6.32. The number of nitrogens with one attached hydrogen (secondary N) is 1. The van der Waals surface area contributed by atoms with Gasteiger partial charge in [-0.25, -0.2) is 9.78 Å². The third-order valence-corrected chi connectivity index (χ3v) is 8.61. The van der Waals surface area contributed by atoms with Crippen molar-refractivity contribution >= 4 is 28.4 Å². The fourth-order valence-corrected chi connectivity index (χ4v) is 6.32. The topological polar surface area (TPSA) is 141 Å². The van der Waals surface area contributed by atoms with Crippen molar-refractivity contribution in [3.05, 3.63) is 77.5 Å². The number of nitrogens with zero attached hydrogens (tertiary/aromatic N) is 3. The number of piperidine rings is 1. The van der Waals surface area contributed by atoms with Crippen LogP contribution in [-0.2, 0) is 0 Å². The average molecular weight is 579 g/mol. The third-order valence-electron chi connectivity index (χ3n) is 8.61. The van der Waals surface area contributed by atoms with Crippen molar-refractivity contribution < 1.29 is 29.0 Å². The van der Waals surface area contributed by atoms with Crippen molar-refractivity contribution in [1.29, 1.82) is 0 Å². The number of aromatic nitrogens is 3. The normalized spacial score (nSPS) is 19.1. The van der Waals surface area contributed by atoms with E-state index in [1.54, 1.807) is 36.7 Å². The van der Waals surface area contributed by atoms with Gasteiger partial charge < -0.3 is 19.9 Å². The summed E-state index contributed by atoms with van der Waals surface area (Å²) in [7, 11) is 0. The number of carboxylic acids is 1. The zero-order valence-electron chi connectivity index (χ0n) is 23.6. The molecule has 1 saturated carbocycles. The van der Waals surface area contributed by atoms with Crippen molar-refractivity contribution in [3.63, 3.8) is 0 Å². The second kappa shape index (κ2) is 10.5. The number of carbonyl (C=O) groups is 3. The Morgan fingerprint density at radius 2 is 1.91 bits per heavy atom. The highest BCUT2D eigenvalue weighted by Gasteiger charge is 2.54. The van der Waals surface area contributed by atoms with Gasteiger partial charge in [-0.05, 0) is 62.7 Å². The first-order chi connectivity index (χ1) is 20.9. The Morgan fingerprint density at radius 3 is 2.65 bits per heavy atom. The first-order valence-corrected chi connectivity index (χ1v) is 14.6. The average Bonchev–Trinajstić information content (AvgIpc) is 3.87. The van der Waals surface area contributed by atoms with Crippen molar-refractivity contribution in [3.8, 4) is 22.6 Å². The van der Waals surface area contributed by atoms with Gasteiger partial charge >= 0.3 is 5.97 Å². The van der Waals surface area contributed by atoms with Gasteiger partial charge in [0.25, 0.3) is 0 Å². The van der Waals surface area contributed by atoms with E-state index in [9.17, 15) is 19.5 Å². The standard InChI is InChI=1S/C33H30N4O6/c1-2-42-26-15-24(37-29-22(26)7-10-36-28(29)18-3-4-18)31(39)27-30(38)23-14-19(20-13-21(32(40)41)17-35-16-20)5-6-25(23)43-33(27)8-11-34-12-9-33/h5-7,10,13-18,27,34H,2-4,8-9,11-12H2,1H3,(H,40,41)/t27-/m1/s1. The molecule has 1 saturated heterocycles. The molecule has 4 aromatic rings. The van der Waals surface area contributed by atoms with Crippen molar-refractivity contribution in [2.24, 2.45) is 5.92 Å². The van der Waals surface area contributed by atoms with Gasteiger partial charge in [0.2, 0.25) is 0 Å². The molecule has 0 unspecified atom stereocenters. The zero-order chi connectivity index (χ0) is 29.7. The summed E-state index contributed by atoms with van der Waals surface area (Å²) in [6.45, 7) is 3.49. The van der Waals surface area contributed by atoms with Crippen LogP contribution in [0.5, 0.6) is 11.5 Å². The number of benzene rings is 1. The number of rotatable bonds is 7. The summed E-state index contributed by atoms with van der Waals surface area (Å²) in [5.74, 6) is -1.73. The monoisotopic (exact) mass is 578 g/mol. The van der Waals surface area contributed by atoms with Gasteiger partial charge in [-0.2, -0.15) is 0 Å². The largest absolute Gasteiger partial charge is 0.493 e. The van der Waals surface area contributed by atoms with Crippen LogP contribution < -0.4 is 14.8 Å². The molecular formula is C33H30N4O6. The molecule has 7 rings (SSSR count). The number of hydrogen-bond donors (Lipinski definition) is 2. The quantitative estimate of drug-likeness (QED) is 0.231. The molecule has 1 aliphatic carbocycles. The van der Waals surface area contributed by atoms with E-state index in [1.807, 2.05) is 13.0 Å². The van der Waals surface area contributed by atoms with Gasteiger partial charge in [-0.3, -0.25) is 19.6 Å². The molecule has 10 nitrogen and oxygen atoms in total. The first-order valence-electron chi connectivity index (χ1n) is 14.6. The lowest BCUT2D eigenvalue weighted by molar-refractivity contribution is -0.0140. The van der Waals surface area contributed by atoms with Crippen LogP contribution in [0.25, 0.3) is 22.0 Å². The highest BCUT2D eigenvalue weighted by molar-refractivity contribution is 6.19. The molecule has 218 valence electrons. The van der Waals surface area contributed by atoms with Gasteiger partial charge in [0, 0.05) is 54.4 Å². The predicted octanol–water partition coefficient (Wildman–Crippen LogP) is 4.86. The van der Waals surface area contributed by atoms with E-state index in [0.29, 0.717) is 66.6 Å². The Labute approximate surface area is 247 Å². The predicted molar refractivity (Wildman–Crippen MR) is 157 cm³/mol. The van der Waals surface area contributed by atoms with Crippen LogP contribution in [0, 0.1) is 5.92 Å².